The lowest BCUT2D eigenvalue weighted by Crippen LogP contribution is -2.25. The Kier molecular flexibility index (Phi) is 6.01. The molecule has 24 heavy (non-hydrogen) atoms. The normalized spacial score (nSPS) is 10.0. The van der Waals surface area contributed by atoms with Crippen molar-refractivity contribution in [2.24, 2.45) is 0 Å². The van der Waals surface area contributed by atoms with Crippen LogP contribution in [0.15, 0.2) is 54.6 Å². The maximum absolute atomic E-state index is 11.8. The van der Waals surface area contributed by atoms with Gasteiger partial charge in [0.05, 0.1) is 4.92 Å². The number of carbonyl (C=O) groups excluding carboxylic acids is 2. The number of anilines is 1. The van der Waals surface area contributed by atoms with E-state index in [2.05, 4.69) is 10.6 Å². The zero-order valence-corrected chi connectivity index (χ0v) is 12.9. The van der Waals surface area contributed by atoms with Crippen LogP contribution in [0.5, 0.6) is 0 Å². The third-order valence-corrected chi connectivity index (χ3v) is 3.24. The molecule has 0 aliphatic rings. The van der Waals surface area contributed by atoms with E-state index in [0.29, 0.717) is 24.2 Å². The van der Waals surface area contributed by atoms with E-state index in [4.69, 9.17) is 0 Å². The first-order valence-corrected chi connectivity index (χ1v) is 7.44. The number of nitro groups is 1. The van der Waals surface area contributed by atoms with Crippen molar-refractivity contribution in [3.63, 3.8) is 0 Å². The molecule has 0 aliphatic carbocycles. The molecule has 0 aliphatic heterocycles. The summed E-state index contributed by atoms with van der Waals surface area (Å²) in [7, 11) is 0. The van der Waals surface area contributed by atoms with E-state index in [1.165, 1.54) is 18.2 Å². The van der Waals surface area contributed by atoms with E-state index >= 15 is 0 Å². The number of carbonyl (C=O) groups is 2. The quantitative estimate of drug-likeness (QED) is 0.464. The van der Waals surface area contributed by atoms with Crippen molar-refractivity contribution in [1.29, 1.82) is 0 Å². The average molecular weight is 327 g/mol. The van der Waals surface area contributed by atoms with Gasteiger partial charge >= 0.3 is 0 Å². The Labute approximate surface area is 138 Å². The third-order valence-electron chi connectivity index (χ3n) is 3.24. The van der Waals surface area contributed by atoms with Crippen molar-refractivity contribution in [3.05, 3.63) is 70.3 Å². The number of amides is 2. The standard InChI is InChI=1S/C17H17N3O4/c21-16(19-14-8-4-9-15(12-14)20(23)24)10-5-11-18-17(22)13-6-2-1-3-7-13/h1-4,6-9,12H,5,10-11H2,(H,18,22)(H,19,21). The van der Waals surface area contributed by atoms with E-state index in [-0.39, 0.29) is 23.9 Å². The van der Waals surface area contributed by atoms with Crippen molar-refractivity contribution in [1.82, 2.24) is 5.32 Å². The summed E-state index contributed by atoms with van der Waals surface area (Å²) in [4.78, 5) is 33.8. The van der Waals surface area contributed by atoms with Crippen LogP contribution in [0.2, 0.25) is 0 Å². The van der Waals surface area contributed by atoms with E-state index in [1.807, 2.05) is 6.07 Å². The number of hydrogen-bond donors (Lipinski definition) is 2. The average Bonchev–Trinajstić information content (AvgIpc) is 2.59. The monoisotopic (exact) mass is 327 g/mol. The van der Waals surface area contributed by atoms with Gasteiger partial charge in [0, 0.05) is 36.3 Å². The maximum atomic E-state index is 11.8. The van der Waals surface area contributed by atoms with E-state index in [1.54, 1.807) is 30.3 Å². The lowest BCUT2D eigenvalue weighted by molar-refractivity contribution is -0.384. The first-order chi connectivity index (χ1) is 11.6. The van der Waals surface area contributed by atoms with Gasteiger partial charge in [-0.1, -0.05) is 24.3 Å². The molecule has 0 spiro atoms. The van der Waals surface area contributed by atoms with Crippen LogP contribution in [0.1, 0.15) is 23.2 Å². The molecule has 2 rings (SSSR count). The highest BCUT2D eigenvalue weighted by Crippen LogP contribution is 2.17. The van der Waals surface area contributed by atoms with Gasteiger partial charge in [-0.3, -0.25) is 19.7 Å². The summed E-state index contributed by atoms with van der Waals surface area (Å²) in [6, 6.07) is 14.6. The number of hydrogen-bond acceptors (Lipinski definition) is 4. The molecule has 7 heteroatoms. The Balaban J connectivity index is 1.73. The van der Waals surface area contributed by atoms with E-state index < -0.39 is 4.92 Å². The molecule has 2 aromatic carbocycles. The molecule has 0 heterocycles. The van der Waals surface area contributed by atoms with Crippen LogP contribution in [0.25, 0.3) is 0 Å². The van der Waals surface area contributed by atoms with Gasteiger partial charge in [-0.15, -0.1) is 0 Å². The first-order valence-electron chi connectivity index (χ1n) is 7.44. The Bertz CT molecular complexity index is 732. The fraction of sp³-hybridized carbons (Fsp3) is 0.176. The number of non-ortho nitro benzene ring substituents is 1. The largest absolute Gasteiger partial charge is 0.352 e. The summed E-state index contributed by atoms with van der Waals surface area (Å²) >= 11 is 0. The molecule has 2 aromatic rings. The van der Waals surface area contributed by atoms with Crippen LogP contribution >= 0.6 is 0 Å². The Morgan fingerprint density at radius 1 is 1.04 bits per heavy atom. The van der Waals surface area contributed by atoms with Crippen LogP contribution < -0.4 is 10.6 Å². The molecule has 124 valence electrons. The van der Waals surface area contributed by atoms with Gasteiger partial charge in [0.15, 0.2) is 0 Å². The predicted molar refractivity (Wildman–Crippen MR) is 89.7 cm³/mol. The Morgan fingerprint density at radius 3 is 2.50 bits per heavy atom. The minimum Gasteiger partial charge on any atom is -0.352 e. The van der Waals surface area contributed by atoms with Crippen molar-refractivity contribution < 1.29 is 14.5 Å². The van der Waals surface area contributed by atoms with Crippen LogP contribution in [0, 0.1) is 10.1 Å². The van der Waals surface area contributed by atoms with Crippen LogP contribution in [-0.2, 0) is 4.79 Å². The number of nitro benzene ring substituents is 1. The van der Waals surface area contributed by atoms with E-state index in [0.717, 1.165) is 0 Å². The summed E-state index contributed by atoms with van der Waals surface area (Å²) < 4.78 is 0. The number of nitrogens with zero attached hydrogens (tertiary/aromatic N) is 1. The fourth-order valence-electron chi connectivity index (χ4n) is 2.06. The molecule has 0 atom stereocenters. The molecule has 7 nitrogen and oxygen atoms in total. The molecule has 0 aromatic heterocycles. The summed E-state index contributed by atoms with van der Waals surface area (Å²) in [5, 5.41) is 16.0. The third kappa shape index (κ3) is 5.20. The minimum atomic E-state index is -0.519. The molecule has 0 fully saturated rings. The number of benzene rings is 2. The molecule has 0 unspecified atom stereocenters. The molecular weight excluding hydrogens is 310 g/mol. The van der Waals surface area contributed by atoms with Gasteiger partial charge in [-0.25, -0.2) is 0 Å². The van der Waals surface area contributed by atoms with Gasteiger partial charge in [0.2, 0.25) is 5.91 Å². The Hall–Kier alpha value is -3.22. The predicted octanol–water partition coefficient (Wildman–Crippen LogP) is 2.74. The second-order valence-electron chi connectivity index (χ2n) is 5.08. The molecule has 0 saturated heterocycles. The molecule has 0 bridgehead atoms. The molecule has 2 amide bonds. The zero-order valence-electron chi connectivity index (χ0n) is 12.9. The Morgan fingerprint density at radius 2 is 1.79 bits per heavy atom. The second-order valence-corrected chi connectivity index (χ2v) is 5.08. The summed E-state index contributed by atoms with van der Waals surface area (Å²) in [5.41, 5.74) is 0.865. The van der Waals surface area contributed by atoms with Crippen molar-refractivity contribution in [2.75, 3.05) is 11.9 Å². The summed E-state index contributed by atoms with van der Waals surface area (Å²) in [6.45, 7) is 0.371. The highest BCUT2D eigenvalue weighted by Gasteiger charge is 2.08. The lowest BCUT2D eigenvalue weighted by Gasteiger charge is -2.06. The zero-order chi connectivity index (χ0) is 17.4. The van der Waals surface area contributed by atoms with Gasteiger partial charge in [0.25, 0.3) is 11.6 Å². The SMILES string of the molecule is O=C(CCCNC(=O)c1ccccc1)Nc1cccc([N+](=O)[O-])c1. The lowest BCUT2D eigenvalue weighted by atomic mass is 10.2. The molecule has 0 saturated carbocycles. The van der Waals surface area contributed by atoms with Gasteiger partial charge in [0.1, 0.15) is 0 Å². The van der Waals surface area contributed by atoms with E-state index in [9.17, 15) is 19.7 Å². The molecule has 0 radical (unpaired) electrons. The van der Waals surface area contributed by atoms with Gasteiger partial charge < -0.3 is 10.6 Å². The van der Waals surface area contributed by atoms with Crippen LogP contribution in [-0.4, -0.2) is 23.3 Å². The second kappa shape index (κ2) is 8.42. The molecule has 2 N–H and O–H groups in total. The fourth-order valence-corrected chi connectivity index (χ4v) is 2.06. The van der Waals surface area contributed by atoms with Crippen molar-refractivity contribution >= 4 is 23.2 Å². The first kappa shape index (κ1) is 17.1. The summed E-state index contributed by atoms with van der Waals surface area (Å²) in [5.74, 6) is -0.445. The highest BCUT2D eigenvalue weighted by atomic mass is 16.6. The minimum absolute atomic E-state index is 0.0806. The number of nitrogens with one attached hydrogen (secondary N) is 2. The summed E-state index contributed by atoms with van der Waals surface area (Å²) in [6.07, 6.45) is 0.678. The topological polar surface area (TPSA) is 101 Å². The number of rotatable bonds is 7. The van der Waals surface area contributed by atoms with Gasteiger partial charge in [-0.2, -0.15) is 0 Å². The van der Waals surface area contributed by atoms with Crippen LogP contribution in [0.4, 0.5) is 11.4 Å². The molecular formula is C17H17N3O4. The maximum Gasteiger partial charge on any atom is 0.271 e. The van der Waals surface area contributed by atoms with Crippen molar-refractivity contribution in [2.45, 2.75) is 12.8 Å². The van der Waals surface area contributed by atoms with Gasteiger partial charge in [-0.05, 0) is 24.6 Å². The smallest absolute Gasteiger partial charge is 0.271 e. The highest BCUT2D eigenvalue weighted by molar-refractivity contribution is 5.94. The van der Waals surface area contributed by atoms with Crippen LogP contribution in [0.3, 0.4) is 0 Å². The van der Waals surface area contributed by atoms with Crippen molar-refractivity contribution in [3.8, 4) is 0 Å².